The number of rotatable bonds is 5. The maximum atomic E-state index is 13.0. The summed E-state index contributed by atoms with van der Waals surface area (Å²) in [7, 11) is 0. The average molecular weight is 372 g/mol. The molecule has 6 nitrogen and oxygen atoms in total. The van der Waals surface area contributed by atoms with Gasteiger partial charge in [-0.15, -0.1) is 0 Å². The van der Waals surface area contributed by atoms with Crippen LogP contribution in [0.3, 0.4) is 0 Å². The lowest BCUT2D eigenvalue weighted by Gasteiger charge is -2.36. The third-order valence-electron chi connectivity index (χ3n) is 5.30. The second kappa shape index (κ2) is 8.11. The molecule has 27 heavy (non-hydrogen) atoms. The number of hydrogen-bond donors (Lipinski definition) is 1. The summed E-state index contributed by atoms with van der Waals surface area (Å²) in [6.45, 7) is 5.25. The number of fused-ring (bicyclic) bond motifs is 1. The third-order valence-corrected chi connectivity index (χ3v) is 5.30. The van der Waals surface area contributed by atoms with Gasteiger partial charge < -0.3 is 10.1 Å². The molecule has 1 saturated carbocycles. The largest absolute Gasteiger partial charge is 0.478 e. The Hall–Kier alpha value is -2.37. The molecule has 6 heteroatoms. The van der Waals surface area contributed by atoms with Crippen LogP contribution in [0, 0.1) is 5.92 Å². The van der Waals surface area contributed by atoms with E-state index in [0.29, 0.717) is 17.0 Å². The maximum Gasteiger partial charge on any atom is 0.268 e. The Morgan fingerprint density at radius 3 is 2.56 bits per heavy atom. The van der Waals surface area contributed by atoms with Crippen LogP contribution in [0.5, 0.6) is 5.75 Å². The van der Waals surface area contributed by atoms with Crippen LogP contribution in [0.1, 0.15) is 63.2 Å². The van der Waals surface area contributed by atoms with Gasteiger partial charge in [0.1, 0.15) is 12.3 Å². The number of hydrogen-bond acceptors (Lipinski definition) is 4. The van der Waals surface area contributed by atoms with Gasteiger partial charge in [-0.1, -0.05) is 33.1 Å². The molecule has 1 heterocycles. The predicted molar refractivity (Wildman–Crippen MR) is 103 cm³/mol. The standard InChI is InChI=1S/C21H28N2O4/c1-13(2)20-21(26)23(12-19(25)22-16-7-5-4-6-8-16)17-11-15(14(3)24)9-10-18(17)27-20/h9-11,13,16,20H,4-8,12H2,1-3H3,(H,22,25). The van der Waals surface area contributed by atoms with E-state index in [2.05, 4.69) is 5.32 Å². The average Bonchev–Trinajstić information content (AvgIpc) is 2.63. The fourth-order valence-corrected chi connectivity index (χ4v) is 3.75. The first-order valence-corrected chi connectivity index (χ1v) is 9.79. The van der Waals surface area contributed by atoms with Gasteiger partial charge in [-0.2, -0.15) is 0 Å². The second-order valence-electron chi connectivity index (χ2n) is 7.85. The normalized spacial score (nSPS) is 20.2. The summed E-state index contributed by atoms with van der Waals surface area (Å²) >= 11 is 0. The molecule has 1 unspecified atom stereocenters. The first-order chi connectivity index (χ1) is 12.9. The summed E-state index contributed by atoms with van der Waals surface area (Å²) in [4.78, 5) is 38.8. The zero-order valence-corrected chi connectivity index (χ0v) is 16.3. The van der Waals surface area contributed by atoms with Crippen molar-refractivity contribution in [2.24, 2.45) is 5.92 Å². The molecule has 0 radical (unpaired) electrons. The van der Waals surface area contributed by atoms with Gasteiger partial charge in [-0.05, 0) is 43.9 Å². The van der Waals surface area contributed by atoms with Gasteiger partial charge in [0.05, 0.1) is 5.69 Å². The van der Waals surface area contributed by atoms with Crippen molar-refractivity contribution in [3.05, 3.63) is 23.8 Å². The third kappa shape index (κ3) is 4.31. The number of carbonyl (C=O) groups excluding carboxylic acids is 3. The molecule has 0 aromatic heterocycles. The van der Waals surface area contributed by atoms with Gasteiger partial charge in [-0.25, -0.2) is 0 Å². The van der Waals surface area contributed by atoms with E-state index >= 15 is 0 Å². The quantitative estimate of drug-likeness (QED) is 0.806. The second-order valence-corrected chi connectivity index (χ2v) is 7.85. The lowest BCUT2D eigenvalue weighted by atomic mass is 9.95. The molecule has 1 fully saturated rings. The van der Waals surface area contributed by atoms with Crippen molar-refractivity contribution in [3.8, 4) is 5.75 Å². The molecule has 1 N–H and O–H groups in total. The number of Topliss-reactive ketones (excluding diaryl/α,β-unsaturated/α-hetero) is 1. The van der Waals surface area contributed by atoms with Crippen LogP contribution in [0.2, 0.25) is 0 Å². The van der Waals surface area contributed by atoms with Crippen molar-refractivity contribution in [3.63, 3.8) is 0 Å². The molecule has 3 rings (SSSR count). The highest BCUT2D eigenvalue weighted by Gasteiger charge is 2.37. The molecule has 146 valence electrons. The van der Waals surface area contributed by atoms with Gasteiger partial charge in [0.2, 0.25) is 5.91 Å². The van der Waals surface area contributed by atoms with Crippen LogP contribution in [-0.4, -0.2) is 36.3 Å². The van der Waals surface area contributed by atoms with Gasteiger partial charge in [-0.3, -0.25) is 19.3 Å². The van der Waals surface area contributed by atoms with E-state index in [1.165, 1.54) is 18.2 Å². The van der Waals surface area contributed by atoms with E-state index in [0.717, 1.165) is 25.7 Å². The Balaban J connectivity index is 1.84. The molecule has 1 aliphatic carbocycles. The molecule has 1 aromatic rings. The van der Waals surface area contributed by atoms with E-state index < -0.39 is 6.10 Å². The summed E-state index contributed by atoms with van der Waals surface area (Å²) < 4.78 is 5.87. The number of nitrogens with one attached hydrogen (secondary N) is 1. The van der Waals surface area contributed by atoms with Crippen molar-refractivity contribution >= 4 is 23.3 Å². The summed E-state index contributed by atoms with van der Waals surface area (Å²) in [5.74, 6) is 0.00414. The smallest absolute Gasteiger partial charge is 0.268 e. The van der Waals surface area contributed by atoms with E-state index in [9.17, 15) is 14.4 Å². The van der Waals surface area contributed by atoms with Crippen molar-refractivity contribution in [2.45, 2.75) is 65.0 Å². The molecule has 1 aromatic carbocycles. The van der Waals surface area contributed by atoms with Crippen molar-refractivity contribution < 1.29 is 19.1 Å². The monoisotopic (exact) mass is 372 g/mol. The summed E-state index contributed by atoms with van der Waals surface area (Å²) in [5.41, 5.74) is 0.981. The minimum Gasteiger partial charge on any atom is -0.478 e. The molecule has 0 bridgehead atoms. The summed E-state index contributed by atoms with van der Waals surface area (Å²) in [5, 5.41) is 3.06. The van der Waals surface area contributed by atoms with Crippen molar-refractivity contribution in [2.75, 3.05) is 11.4 Å². The number of ether oxygens (including phenoxy) is 1. The molecule has 1 aliphatic heterocycles. The SMILES string of the molecule is CC(=O)c1ccc2c(c1)N(CC(=O)NC1CCCCC1)C(=O)C(C(C)C)O2. The van der Waals surface area contributed by atoms with Crippen LogP contribution in [0.15, 0.2) is 18.2 Å². The maximum absolute atomic E-state index is 13.0. The summed E-state index contributed by atoms with van der Waals surface area (Å²) in [6, 6.07) is 5.22. The Morgan fingerprint density at radius 1 is 1.22 bits per heavy atom. The zero-order valence-electron chi connectivity index (χ0n) is 16.3. The van der Waals surface area contributed by atoms with E-state index in [1.807, 2.05) is 13.8 Å². The minimum absolute atomic E-state index is 0.0259. The van der Waals surface area contributed by atoms with E-state index in [4.69, 9.17) is 4.74 Å². The highest BCUT2D eigenvalue weighted by Crippen LogP contribution is 2.36. The Kier molecular flexibility index (Phi) is 5.82. The topological polar surface area (TPSA) is 75.7 Å². The molecule has 0 spiro atoms. The molecular weight excluding hydrogens is 344 g/mol. The molecule has 2 amide bonds. The van der Waals surface area contributed by atoms with E-state index in [1.54, 1.807) is 18.2 Å². The summed E-state index contributed by atoms with van der Waals surface area (Å²) in [6.07, 6.45) is 4.81. The fourth-order valence-electron chi connectivity index (χ4n) is 3.75. The first kappa shape index (κ1) is 19.4. The lowest BCUT2D eigenvalue weighted by molar-refractivity contribution is -0.130. The minimum atomic E-state index is -0.636. The van der Waals surface area contributed by atoms with Crippen molar-refractivity contribution in [1.82, 2.24) is 5.32 Å². The molecule has 0 saturated heterocycles. The molecule has 1 atom stereocenters. The highest BCUT2D eigenvalue weighted by atomic mass is 16.5. The van der Waals surface area contributed by atoms with Crippen molar-refractivity contribution in [1.29, 1.82) is 0 Å². The van der Waals surface area contributed by atoms with Crippen LogP contribution in [-0.2, 0) is 9.59 Å². The number of benzene rings is 1. The Labute approximate surface area is 160 Å². The van der Waals surface area contributed by atoms with Crippen LogP contribution >= 0.6 is 0 Å². The molecule has 2 aliphatic rings. The number of amides is 2. The Bertz CT molecular complexity index is 738. The predicted octanol–water partition coefficient (Wildman–Crippen LogP) is 3.09. The number of nitrogens with zero attached hydrogens (tertiary/aromatic N) is 1. The van der Waals surface area contributed by atoms with E-state index in [-0.39, 0.29) is 36.1 Å². The number of anilines is 1. The van der Waals surface area contributed by atoms with Gasteiger partial charge in [0, 0.05) is 11.6 Å². The Morgan fingerprint density at radius 2 is 1.93 bits per heavy atom. The van der Waals surface area contributed by atoms with Crippen LogP contribution < -0.4 is 15.0 Å². The first-order valence-electron chi connectivity index (χ1n) is 9.79. The fraction of sp³-hybridized carbons (Fsp3) is 0.571. The highest BCUT2D eigenvalue weighted by molar-refractivity contribution is 6.05. The van der Waals surface area contributed by atoms with Gasteiger partial charge in [0.15, 0.2) is 11.9 Å². The van der Waals surface area contributed by atoms with Gasteiger partial charge in [0.25, 0.3) is 5.91 Å². The number of ketones is 1. The van der Waals surface area contributed by atoms with Crippen LogP contribution in [0.25, 0.3) is 0 Å². The lowest BCUT2D eigenvalue weighted by Crippen LogP contribution is -2.52. The van der Waals surface area contributed by atoms with Gasteiger partial charge >= 0.3 is 0 Å². The zero-order chi connectivity index (χ0) is 19.6. The number of carbonyl (C=O) groups is 3. The van der Waals surface area contributed by atoms with Crippen LogP contribution in [0.4, 0.5) is 5.69 Å². The molecular formula is C21H28N2O4.